The first kappa shape index (κ1) is 17.2. The summed E-state index contributed by atoms with van der Waals surface area (Å²) in [6, 6.07) is 20.7. The fourth-order valence-electron chi connectivity index (χ4n) is 3.07. The number of benzene rings is 2. The molecule has 0 aliphatic rings. The highest BCUT2D eigenvalue weighted by atomic mass is 16.3. The van der Waals surface area contributed by atoms with Crippen molar-refractivity contribution in [3.8, 4) is 0 Å². The molecule has 3 aromatic rings. The molecule has 0 saturated carbocycles. The van der Waals surface area contributed by atoms with Crippen LogP contribution in [-0.2, 0) is 13.1 Å². The smallest absolute Gasteiger partial charge is 0.128 e. The molecule has 1 atom stereocenters. The van der Waals surface area contributed by atoms with Crippen LogP contribution in [0.2, 0.25) is 0 Å². The number of hydrogen-bond acceptors (Lipinski definition) is 3. The average Bonchev–Trinajstić information content (AvgIpc) is 3.10. The van der Waals surface area contributed by atoms with Gasteiger partial charge in [-0.15, -0.1) is 0 Å². The lowest BCUT2D eigenvalue weighted by Crippen LogP contribution is -2.38. The van der Waals surface area contributed by atoms with Gasteiger partial charge in [-0.05, 0) is 24.1 Å². The third-order valence-corrected chi connectivity index (χ3v) is 4.52. The summed E-state index contributed by atoms with van der Waals surface area (Å²) in [5.74, 6) is 1.000. The van der Waals surface area contributed by atoms with Gasteiger partial charge in [0.15, 0.2) is 0 Å². The average molecular weight is 335 g/mol. The van der Waals surface area contributed by atoms with Crippen LogP contribution in [0.5, 0.6) is 0 Å². The highest BCUT2D eigenvalue weighted by molar-refractivity contribution is 5.47. The van der Waals surface area contributed by atoms with Gasteiger partial charge in [-0.2, -0.15) is 0 Å². The van der Waals surface area contributed by atoms with Crippen molar-refractivity contribution in [2.24, 2.45) is 0 Å². The van der Waals surface area contributed by atoms with E-state index in [2.05, 4.69) is 57.8 Å². The predicted molar refractivity (Wildman–Crippen MR) is 102 cm³/mol. The minimum Gasteiger partial charge on any atom is -0.394 e. The van der Waals surface area contributed by atoms with Crippen molar-refractivity contribution in [2.45, 2.75) is 32.5 Å². The summed E-state index contributed by atoms with van der Waals surface area (Å²) < 4.78 is 2.18. The second-order valence-corrected chi connectivity index (χ2v) is 6.17. The number of rotatable bonds is 8. The molecule has 4 nitrogen and oxygen atoms in total. The summed E-state index contributed by atoms with van der Waals surface area (Å²) >= 11 is 0. The molecule has 0 aliphatic carbocycles. The molecule has 0 fully saturated rings. The SMILES string of the molecule is CCC(CO)N(Cc1nccn1Cc1ccccc1)c1ccccc1. The van der Waals surface area contributed by atoms with Gasteiger partial charge in [-0.25, -0.2) is 4.98 Å². The van der Waals surface area contributed by atoms with E-state index >= 15 is 0 Å². The minimum atomic E-state index is 0.0734. The molecule has 0 aliphatic heterocycles. The molecule has 3 rings (SSSR count). The molecule has 0 amide bonds. The molecule has 25 heavy (non-hydrogen) atoms. The van der Waals surface area contributed by atoms with E-state index < -0.39 is 0 Å². The monoisotopic (exact) mass is 335 g/mol. The highest BCUT2D eigenvalue weighted by Gasteiger charge is 2.19. The number of nitrogens with zero attached hydrogens (tertiary/aromatic N) is 3. The van der Waals surface area contributed by atoms with Crippen LogP contribution in [0.3, 0.4) is 0 Å². The third kappa shape index (κ3) is 4.28. The van der Waals surface area contributed by atoms with Crippen molar-refractivity contribution < 1.29 is 5.11 Å². The summed E-state index contributed by atoms with van der Waals surface area (Å²) in [5, 5.41) is 9.82. The van der Waals surface area contributed by atoms with Crippen LogP contribution >= 0.6 is 0 Å². The third-order valence-electron chi connectivity index (χ3n) is 4.52. The number of para-hydroxylation sites is 1. The van der Waals surface area contributed by atoms with Gasteiger partial charge in [-0.1, -0.05) is 55.5 Å². The van der Waals surface area contributed by atoms with Crippen molar-refractivity contribution in [2.75, 3.05) is 11.5 Å². The molecule has 1 aromatic heterocycles. The van der Waals surface area contributed by atoms with Crippen molar-refractivity contribution in [1.29, 1.82) is 0 Å². The highest BCUT2D eigenvalue weighted by Crippen LogP contribution is 2.21. The maximum absolute atomic E-state index is 9.82. The first-order chi connectivity index (χ1) is 12.3. The Morgan fingerprint density at radius 3 is 2.36 bits per heavy atom. The Hall–Kier alpha value is -2.59. The molecule has 1 unspecified atom stereocenters. The maximum Gasteiger partial charge on any atom is 0.128 e. The van der Waals surface area contributed by atoms with E-state index in [4.69, 9.17) is 0 Å². The van der Waals surface area contributed by atoms with Crippen molar-refractivity contribution in [3.05, 3.63) is 84.4 Å². The molecule has 1 N–H and O–H groups in total. The largest absolute Gasteiger partial charge is 0.394 e. The van der Waals surface area contributed by atoms with Crippen LogP contribution in [0.15, 0.2) is 73.1 Å². The lowest BCUT2D eigenvalue weighted by Gasteiger charge is -2.32. The molecule has 0 saturated heterocycles. The second kappa shape index (κ2) is 8.49. The predicted octanol–water partition coefficient (Wildman–Crippen LogP) is 3.71. The van der Waals surface area contributed by atoms with Crippen LogP contribution in [0.1, 0.15) is 24.7 Å². The number of hydrogen-bond donors (Lipinski definition) is 1. The molecule has 0 spiro atoms. The van der Waals surface area contributed by atoms with E-state index in [1.165, 1.54) is 5.56 Å². The Labute approximate surface area is 149 Å². The molecular weight excluding hydrogens is 310 g/mol. The quantitative estimate of drug-likeness (QED) is 0.682. The van der Waals surface area contributed by atoms with Gasteiger partial charge >= 0.3 is 0 Å². The summed E-state index contributed by atoms with van der Waals surface area (Å²) in [6.45, 7) is 3.70. The van der Waals surface area contributed by atoms with Crippen LogP contribution < -0.4 is 4.90 Å². The fourth-order valence-corrected chi connectivity index (χ4v) is 3.07. The van der Waals surface area contributed by atoms with Crippen molar-refractivity contribution in [1.82, 2.24) is 9.55 Å². The fraction of sp³-hybridized carbons (Fsp3) is 0.286. The second-order valence-electron chi connectivity index (χ2n) is 6.17. The van der Waals surface area contributed by atoms with Crippen LogP contribution in [0.4, 0.5) is 5.69 Å². The maximum atomic E-state index is 9.82. The molecule has 130 valence electrons. The molecule has 0 bridgehead atoms. The van der Waals surface area contributed by atoms with E-state index in [0.29, 0.717) is 6.54 Å². The first-order valence-corrected chi connectivity index (χ1v) is 8.78. The normalized spacial score (nSPS) is 12.1. The summed E-state index contributed by atoms with van der Waals surface area (Å²) in [5.41, 5.74) is 2.36. The van der Waals surface area contributed by atoms with Crippen molar-refractivity contribution >= 4 is 5.69 Å². The summed E-state index contributed by atoms with van der Waals surface area (Å²) in [4.78, 5) is 6.81. The minimum absolute atomic E-state index is 0.0734. The first-order valence-electron chi connectivity index (χ1n) is 8.78. The topological polar surface area (TPSA) is 41.3 Å². The lowest BCUT2D eigenvalue weighted by atomic mass is 10.1. The van der Waals surface area contributed by atoms with Gasteiger partial charge in [0.05, 0.1) is 19.2 Å². The van der Waals surface area contributed by atoms with Gasteiger partial charge in [0.25, 0.3) is 0 Å². The summed E-state index contributed by atoms with van der Waals surface area (Å²) in [7, 11) is 0. The number of aliphatic hydroxyl groups excluding tert-OH is 1. The Bertz CT molecular complexity index is 751. The molecule has 0 radical (unpaired) electrons. The van der Waals surface area contributed by atoms with E-state index in [9.17, 15) is 5.11 Å². The Balaban J connectivity index is 1.84. The zero-order valence-corrected chi connectivity index (χ0v) is 14.6. The molecule has 2 aromatic carbocycles. The molecular formula is C21H25N3O. The van der Waals surface area contributed by atoms with Crippen LogP contribution in [0.25, 0.3) is 0 Å². The van der Waals surface area contributed by atoms with Crippen LogP contribution in [0, 0.1) is 0 Å². The Kier molecular flexibility index (Phi) is 5.86. The van der Waals surface area contributed by atoms with Crippen LogP contribution in [-0.4, -0.2) is 27.3 Å². The molecule has 1 heterocycles. The van der Waals surface area contributed by atoms with Gasteiger partial charge in [-0.3, -0.25) is 0 Å². The number of aromatic nitrogens is 2. The van der Waals surface area contributed by atoms with Gasteiger partial charge in [0.2, 0.25) is 0 Å². The van der Waals surface area contributed by atoms with Crippen molar-refractivity contribution in [3.63, 3.8) is 0 Å². The van der Waals surface area contributed by atoms with Gasteiger partial charge in [0, 0.05) is 24.6 Å². The standard InChI is InChI=1S/C21H25N3O/c1-2-19(17-25)24(20-11-7-4-8-12-20)16-21-22-13-14-23(21)15-18-9-5-3-6-10-18/h3-14,19,25H,2,15-17H2,1H3. The van der Waals surface area contributed by atoms with E-state index in [-0.39, 0.29) is 12.6 Å². The van der Waals surface area contributed by atoms with E-state index in [1.807, 2.05) is 36.7 Å². The zero-order chi connectivity index (χ0) is 17.5. The Morgan fingerprint density at radius 1 is 1.04 bits per heavy atom. The van der Waals surface area contributed by atoms with E-state index in [0.717, 1.165) is 24.5 Å². The number of imidazole rings is 1. The Morgan fingerprint density at radius 2 is 1.72 bits per heavy atom. The molecule has 4 heteroatoms. The zero-order valence-electron chi connectivity index (χ0n) is 14.6. The summed E-state index contributed by atoms with van der Waals surface area (Å²) in [6.07, 6.45) is 4.75. The number of anilines is 1. The lowest BCUT2D eigenvalue weighted by molar-refractivity contribution is 0.254. The van der Waals surface area contributed by atoms with E-state index in [1.54, 1.807) is 0 Å². The van der Waals surface area contributed by atoms with Gasteiger partial charge in [0.1, 0.15) is 5.82 Å². The number of aliphatic hydroxyl groups is 1. The van der Waals surface area contributed by atoms with Gasteiger partial charge < -0.3 is 14.6 Å².